The van der Waals surface area contributed by atoms with Gasteiger partial charge in [0.1, 0.15) is 5.75 Å². The molecule has 0 heterocycles. The monoisotopic (exact) mass is 262 g/mol. The Kier molecular flexibility index (Phi) is 4.43. The summed E-state index contributed by atoms with van der Waals surface area (Å²) in [5, 5.41) is 3.00. The van der Waals surface area contributed by atoms with Crippen LogP contribution in [0.5, 0.6) is 5.75 Å². The highest BCUT2D eigenvalue weighted by Gasteiger charge is 2.38. The molecule has 1 aromatic carbocycles. The second kappa shape index (κ2) is 6.06. The number of hydrogen-bond donors (Lipinski definition) is 2. The summed E-state index contributed by atoms with van der Waals surface area (Å²) < 4.78 is 5.18. The number of methoxy groups -OCH3 is 1. The molecule has 0 aromatic heterocycles. The van der Waals surface area contributed by atoms with Crippen LogP contribution in [-0.2, 0) is 10.2 Å². The largest absolute Gasteiger partial charge is 0.497 e. The lowest BCUT2D eigenvalue weighted by atomic mass is 9.64. The minimum Gasteiger partial charge on any atom is -0.497 e. The highest BCUT2D eigenvalue weighted by atomic mass is 16.5. The lowest BCUT2D eigenvalue weighted by Gasteiger charge is -2.42. The van der Waals surface area contributed by atoms with Crippen molar-refractivity contribution in [3.63, 3.8) is 0 Å². The van der Waals surface area contributed by atoms with E-state index in [4.69, 9.17) is 10.5 Å². The van der Waals surface area contributed by atoms with Gasteiger partial charge in [-0.3, -0.25) is 4.79 Å². The molecule has 0 bridgehead atoms. The van der Waals surface area contributed by atoms with E-state index in [2.05, 4.69) is 17.4 Å². The van der Waals surface area contributed by atoms with Crippen LogP contribution in [0.25, 0.3) is 0 Å². The van der Waals surface area contributed by atoms with Crippen LogP contribution in [0.4, 0.5) is 0 Å². The Bertz CT molecular complexity index is 424. The predicted octanol–water partition coefficient (Wildman–Crippen LogP) is 1.58. The lowest BCUT2D eigenvalue weighted by Crippen LogP contribution is -2.45. The second-order valence-electron chi connectivity index (χ2n) is 5.18. The third kappa shape index (κ3) is 3.07. The summed E-state index contributed by atoms with van der Waals surface area (Å²) in [7, 11) is 1.67. The smallest absolute Gasteiger partial charge is 0.221 e. The van der Waals surface area contributed by atoms with E-state index in [1.165, 1.54) is 12.0 Å². The molecular formula is C15H22N2O2. The van der Waals surface area contributed by atoms with Gasteiger partial charge in [-0.05, 0) is 30.5 Å². The Balaban J connectivity index is 2.02. The van der Waals surface area contributed by atoms with Crippen molar-refractivity contribution >= 4 is 5.91 Å². The summed E-state index contributed by atoms with van der Waals surface area (Å²) in [6, 6.07) is 8.17. The molecule has 0 atom stereocenters. The number of hydrogen-bond acceptors (Lipinski definition) is 3. The standard InChI is InChI=1S/C15H22N2O2/c1-19-13-5-3-12(4-6-13)15(8-2-9-15)11-17-14(18)7-10-16/h3-6H,2,7-11,16H2,1H3,(H,17,18). The molecule has 1 saturated carbocycles. The highest BCUT2D eigenvalue weighted by molar-refractivity contribution is 5.76. The zero-order valence-electron chi connectivity index (χ0n) is 11.4. The summed E-state index contributed by atoms with van der Waals surface area (Å²) >= 11 is 0. The highest BCUT2D eigenvalue weighted by Crippen LogP contribution is 2.43. The number of ether oxygens (including phenoxy) is 1. The number of rotatable bonds is 6. The molecule has 0 aliphatic heterocycles. The summed E-state index contributed by atoms with van der Waals surface area (Å²) in [5.74, 6) is 0.910. The fourth-order valence-corrected chi connectivity index (χ4v) is 2.60. The number of nitrogens with two attached hydrogens (primary N) is 1. The molecule has 0 saturated heterocycles. The minimum atomic E-state index is 0.0438. The minimum absolute atomic E-state index is 0.0438. The number of amides is 1. The van der Waals surface area contributed by atoms with Crippen molar-refractivity contribution < 1.29 is 9.53 Å². The van der Waals surface area contributed by atoms with Gasteiger partial charge in [0, 0.05) is 24.9 Å². The van der Waals surface area contributed by atoms with E-state index in [1.807, 2.05) is 12.1 Å². The topological polar surface area (TPSA) is 64.3 Å². The molecule has 1 aliphatic carbocycles. The summed E-state index contributed by atoms with van der Waals surface area (Å²) in [6.07, 6.45) is 3.88. The maximum atomic E-state index is 11.6. The van der Waals surface area contributed by atoms with Crippen LogP contribution in [0.2, 0.25) is 0 Å². The van der Waals surface area contributed by atoms with Crippen LogP contribution < -0.4 is 15.8 Å². The maximum Gasteiger partial charge on any atom is 0.221 e. The molecule has 2 rings (SSSR count). The molecule has 1 fully saturated rings. The first kappa shape index (κ1) is 13.9. The van der Waals surface area contributed by atoms with E-state index in [0.717, 1.165) is 18.6 Å². The van der Waals surface area contributed by atoms with Crippen molar-refractivity contribution in [3.8, 4) is 5.75 Å². The number of nitrogens with one attached hydrogen (secondary N) is 1. The Morgan fingerprint density at radius 1 is 1.37 bits per heavy atom. The summed E-state index contributed by atoms with van der Waals surface area (Å²) in [5.41, 5.74) is 6.78. The van der Waals surface area contributed by atoms with Crippen molar-refractivity contribution in [2.24, 2.45) is 5.73 Å². The van der Waals surface area contributed by atoms with Gasteiger partial charge in [-0.15, -0.1) is 0 Å². The SMILES string of the molecule is COc1ccc(C2(CNC(=O)CCN)CCC2)cc1. The Morgan fingerprint density at radius 2 is 2.05 bits per heavy atom. The molecule has 1 amide bonds. The van der Waals surface area contributed by atoms with Gasteiger partial charge < -0.3 is 15.8 Å². The molecule has 1 aromatic rings. The maximum absolute atomic E-state index is 11.6. The number of carbonyl (C=O) groups excluding carboxylic acids is 1. The Hall–Kier alpha value is -1.55. The second-order valence-corrected chi connectivity index (χ2v) is 5.18. The lowest BCUT2D eigenvalue weighted by molar-refractivity contribution is -0.121. The molecule has 0 unspecified atom stereocenters. The van der Waals surface area contributed by atoms with Gasteiger partial charge in [0.05, 0.1) is 7.11 Å². The van der Waals surface area contributed by atoms with Crippen molar-refractivity contribution in [3.05, 3.63) is 29.8 Å². The zero-order valence-corrected chi connectivity index (χ0v) is 11.4. The van der Waals surface area contributed by atoms with E-state index < -0.39 is 0 Å². The number of benzene rings is 1. The van der Waals surface area contributed by atoms with E-state index in [-0.39, 0.29) is 11.3 Å². The van der Waals surface area contributed by atoms with Crippen LogP contribution in [-0.4, -0.2) is 26.1 Å². The molecule has 104 valence electrons. The Labute approximate surface area is 114 Å². The zero-order chi connectivity index (χ0) is 13.7. The van der Waals surface area contributed by atoms with Gasteiger partial charge in [0.25, 0.3) is 0 Å². The van der Waals surface area contributed by atoms with Gasteiger partial charge in [0.2, 0.25) is 5.91 Å². The van der Waals surface area contributed by atoms with Crippen molar-refractivity contribution in [2.45, 2.75) is 31.1 Å². The first-order valence-electron chi connectivity index (χ1n) is 6.81. The van der Waals surface area contributed by atoms with E-state index in [0.29, 0.717) is 19.5 Å². The van der Waals surface area contributed by atoms with Gasteiger partial charge in [-0.25, -0.2) is 0 Å². The third-order valence-corrected chi connectivity index (χ3v) is 4.01. The molecule has 19 heavy (non-hydrogen) atoms. The molecule has 3 N–H and O–H groups in total. The summed E-state index contributed by atoms with van der Waals surface area (Å²) in [4.78, 5) is 11.6. The fraction of sp³-hybridized carbons (Fsp3) is 0.533. The molecule has 0 spiro atoms. The fourth-order valence-electron chi connectivity index (χ4n) is 2.60. The van der Waals surface area contributed by atoms with Crippen molar-refractivity contribution in [1.29, 1.82) is 0 Å². The number of carbonyl (C=O) groups is 1. The molecule has 4 nitrogen and oxygen atoms in total. The summed E-state index contributed by atoms with van der Waals surface area (Å²) in [6.45, 7) is 1.11. The van der Waals surface area contributed by atoms with Gasteiger partial charge >= 0.3 is 0 Å². The molecule has 1 aliphatic rings. The average molecular weight is 262 g/mol. The van der Waals surface area contributed by atoms with Gasteiger partial charge in [-0.2, -0.15) is 0 Å². The molecule has 4 heteroatoms. The third-order valence-electron chi connectivity index (χ3n) is 4.01. The van der Waals surface area contributed by atoms with Crippen LogP contribution in [0.15, 0.2) is 24.3 Å². The quantitative estimate of drug-likeness (QED) is 0.818. The Morgan fingerprint density at radius 3 is 2.53 bits per heavy atom. The first-order chi connectivity index (χ1) is 9.20. The van der Waals surface area contributed by atoms with Crippen LogP contribution in [0.3, 0.4) is 0 Å². The van der Waals surface area contributed by atoms with Crippen molar-refractivity contribution in [1.82, 2.24) is 5.32 Å². The van der Waals surface area contributed by atoms with E-state index in [1.54, 1.807) is 7.11 Å². The molecule has 0 radical (unpaired) electrons. The van der Waals surface area contributed by atoms with Crippen LogP contribution >= 0.6 is 0 Å². The first-order valence-corrected chi connectivity index (χ1v) is 6.81. The predicted molar refractivity (Wildman–Crippen MR) is 75.2 cm³/mol. The normalized spacial score (nSPS) is 16.5. The van der Waals surface area contributed by atoms with Crippen LogP contribution in [0, 0.1) is 0 Å². The van der Waals surface area contributed by atoms with E-state index in [9.17, 15) is 4.79 Å². The van der Waals surface area contributed by atoms with Crippen molar-refractivity contribution in [2.75, 3.05) is 20.2 Å². The molecular weight excluding hydrogens is 240 g/mol. The average Bonchev–Trinajstić information content (AvgIpc) is 2.38. The van der Waals surface area contributed by atoms with Gasteiger partial charge in [-0.1, -0.05) is 18.6 Å². The van der Waals surface area contributed by atoms with E-state index >= 15 is 0 Å². The van der Waals surface area contributed by atoms with Crippen LogP contribution in [0.1, 0.15) is 31.2 Å². The van der Waals surface area contributed by atoms with Gasteiger partial charge in [0.15, 0.2) is 0 Å².